The minimum absolute atomic E-state index is 0.132. The molecule has 3 aromatic rings. The molecule has 2 aromatic carbocycles. The molecule has 1 heterocycles. The van der Waals surface area contributed by atoms with Crippen LogP contribution in [0.2, 0.25) is 0 Å². The van der Waals surface area contributed by atoms with Crippen LogP contribution in [0.1, 0.15) is 22.6 Å². The SMILES string of the molecule is [C-]#[N+]C(C#N)=C1c2ccc(-c3ccc(F)cc3)cc2-c2nc(C#N)c(C#N)nc21. The molecular weight excluding hydrogens is 367 g/mol. The van der Waals surface area contributed by atoms with E-state index in [4.69, 9.17) is 6.57 Å². The van der Waals surface area contributed by atoms with Crippen LogP contribution in [-0.4, -0.2) is 9.97 Å². The molecule has 0 saturated carbocycles. The zero-order valence-electron chi connectivity index (χ0n) is 14.6. The van der Waals surface area contributed by atoms with E-state index in [2.05, 4.69) is 14.8 Å². The van der Waals surface area contributed by atoms with Crippen LogP contribution in [0.4, 0.5) is 4.39 Å². The first-order valence-corrected chi connectivity index (χ1v) is 8.26. The average Bonchev–Trinajstić information content (AvgIpc) is 3.07. The van der Waals surface area contributed by atoms with Crippen molar-refractivity contribution in [3.63, 3.8) is 0 Å². The lowest BCUT2D eigenvalue weighted by Crippen LogP contribution is -2.00. The zero-order chi connectivity index (χ0) is 20.5. The van der Waals surface area contributed by atoms with Crippen LogP contribution < -0.4 is 0 Å². The Hall–Kier alpha value is -4.85. The summed E-state index contributed by atoms with van der Waals surface area (Å²) in [5.41, 5.74) is 3.03. The molecule has 7 heteroatoms. The van der Waals surface area contributed by atoms with Crippen molar-refractivity contribution < 1.29 is 4.39 Å². The van der Waals surface area contributed by atoms with Gasteiger partial charge in [0.05, 0.1) is 24.0 Å². The first-order chi connectivity index (χ1) is 14.1. The van der Waals surface area contributed by atoms with Gasteiger partial charge in [-0.2, -0.15) is 10.5 Å². The predicted molar refractivity (Wildman–Crippen MR) is 101 cm³/mol. The Bertz CT molecular complexity index is 1370. The summed E-state index contributed by atoms with van der Waals surface area (Å²) in [5, 5.41) is 28.0. The summed E-state index contributed by atoms with van der Waals surface area (Å²) in [6.45, 7) is 7.32. The zero-order valence-corrected chi connectivity index (χ0v) is 14.6. The number of rotatable bonds is 1. The van der Waals surface area contributed by atoms with Gasteiger partial charge in [0.25, 0.3) is 5.70 Å². The van der Waals surface area contributed by atoms with Crippen molar-refractivity contribution in [2.75, 3.05) is 0 Å². The van der Waals surface area contributed by atoms with Gasteiger partial charge >= 0.3 is 0 Å². The van der Waals surface area contributed by atoms with Crippen LogP contribution in [0.5, 0.6) is 0 Å². The summed E-state index contributed by atoms with van der Waals surface area (Å²) in [6, 6.07) is 16.8. The second kappa shape index (κ2) is 6.71. The number of benzene rings is 2. The molecule has 0 unspecified atom stereocenters. The molecule has 0 amide bonds. The third-order valence-corrected chi connectivity index (χ3v) is 4.52. The van der Waals surface area contributed by atoms with Crippen molar-refractivity contribution in [2.45, 2.75) is 0 Å². The van der Waals surface area contributed by atoms with Crippen LogP contribution in [0.3, 0.4) is 0 Å². The smallest absolute Gasteiger partial charge is 0.233 e. The van der Waals surface area contributed by atoms with Gasteiger partial charge < -0.3 is 0 Å². The summed E-state index contributed by atoms with van der Waals surface area (Å²) in [6.07, 6.45) is 0. The van der Waals surface area contributed by atoms with E-state index >= 15 is 0 Å². The maximum atomic E-state index is 13.3. The number of nitriles is 3. The number of halogens is 1. The van der Waals surface area contributed by atoms with E-state index in [9.17, 15) is 20.2 Å². The maximum Gasteiger partial charge on any atom is 0.271 e. The number of nitrogens with zero attached hydrogens (tertiary/aromatic N) is 6. The molecule has 6 nitrogen and oxygen atoms in total. The van der Waals surface area contributed by atoms with Crippen LogP contribution in [0, 0.1) is 46.4 Å². The van der Waals surface area contributed by atoms with Crippen molar-refractivity contribution >= 4 is 5.57 Å². The lowest BCUT2D eigenvalue weighted by atomic mass is 9.98. The number of hydrogen-bond donors (Lipinski definition) is 0. The van der Waals surface area contributed by atoms with Crippen molar-refractivity contribution in [3.8, 4) is 40.6 Å². The van der Waals surface area contributed by atoms with Crippen molar-refractivity contribution in [1.82, 2.24) is 9.97 Å². The van der Waals surface area contributed by atoms with Gasteiger partial charge in [-0.25, -0.2) is 24.5 Å². The second-order valence-electron chi connectivity index (χ2n) is 6.06. The van der Waals surface area contributed by atoms with Gasteiger partial charge in [-0.1, -0.05) is 24.3 Å². The normalized spacial score (nSPS) is 12.6. The Balaban J connectivity index is 2.05. The first-order valence-electron chi connectivity index (χ1n) is 8.26. The number of hydrogen-bond acceptors (Lipinski definition) is 5. The van der Waals surface area contributed by atoms with Crippen LogP contribution >= 0.6 is 0 Å². The molecule has 0 bridgehead atoms. The molecule has 0 atom stereocenters. The monoisotopic (exact) mass is 374 g/mol. The third kappa shape index (κ3) is 2.68. The molecule has 1 aliphatic carbocycles. The van der Waals surface area contributed by atoms with Crippen LogP contribution in [-0.2, 0) is 0 Å². The Morgan fingerprint density at radius 3 is 2.07 bits per heavy atom. The van der Waals surface area contributed by atoms with Gasteiger partial charge in [0, 0.05) is 11.1 Å². The van der Waals surface area contributed by atoms with Gasteiger partial charge in [-0.05, 0) is 34.9 Å². The fraction of sp³-hybridized carbons (Fsp3) is 0. The number of aromatic nitrogens is 2. The van der Waals surface area contributed by atoms with E-state index < -0.39 is 0 Å². The molecule has 132 valence electrons. The summed E-state index contributed by atoms with van der Waals surface area (Å²) in [5.74, 6) is -0.352. The Morgan fingerprint density at radius 1 is 0.862 bits per heavy atom. The molecule has 1 aromatic heterocycles. The largest absolute Gasteiger partial charge is 0.271 e. The Labute approximate surface area is 164 Å². The quantitative estimate of drug-likeness (QED) is 0.367. The summed E-state index contributed by atoms with van der Waals surface area (Å²) < 4.78 is 13.3. The van der Waals surface area contributed by atoms with Crippen molar-refractivity contribution in [3.05, 3.63) is 88.0 Å². The summed E-state index contributed by atoms with van der Waals surface area (Å²) in [4.78, 5) is 11.8. The fourth-order valence-corrected chi connectivity index (χ4v) is 3.24. The molecular formula is C22H7FN6. The van der Waals surface area contributed by atoms with Crippen LogP contribution in [0.15, 0.2) is 48.2 Å². The highest BCUT2D eigenvalue weighted by molar-refractivity contribution is 6.02. The third-order valence-electron chi connectivity index (χ3n) is 4.52. The molecule has 0 fully saturated rings. The molecule has 0 spiro atoms. The van der Waals surface area contributed by atoms with Crippen molar-refractivity contribution in [2.24, 2.45) is 0 Å². The highest BCUT2D eigenvalue weighted by Gasteiger charge is 2.31. The Morgan fingerprint density at radius 2 is 1.48 bits per heavy atom. The van der Waals surface area contributed by atoms with E-state index in [1.165, 1.54) is 12.1 Å². The molecule has 0 N–H and O–H groups in total. The molecule has 4 rings (SSSR count). The highest BCUT2D eigenvalue weighted by Crippen LogP contribution is 2.45. The minimum Gasteiger partial charge on any atom is -0.233 e. The second-order valence-corrected chi connectivity index (χ2v) is 6.06. The molecule has 0 radical (unpaired) electrons. The van der Waals surface area contributed by atoms with Gasteiger partial charge in [-0.3, -0.25) is 0 Å². The highest BCUT2D eigenvalue weighted by atomic mass is 19.1. The predicted octanol–water partition coefficient (Wildman–Crippen LogP) is 4.21. The molecule has 0 saturated heterocycles. The molecule has 1 aliphatic rings. The molecule has 0 aliphatic heterocycles. The fourth-order valence-electron chi connectivity index (χ4n) is 3.24. The maximum absolute atomic E-state index is 13.3. The number of fused-ring (bicyclic) bond motifs is 3. The summed E-state index contributed by atoms with van der Waals surface area (Å²) in [7, 11) is 0. The number of allylic oxidation sites excluding steroid dienone is 1. The van der Waals surface area contributed by atoms with Crippen LogP contribution in [0.25, 0.3) is 32.8 Å². The lowest BCUT2D eigenvalue weighted by molar-refractivity contribution is 0.628. The van der Waals surface area contributed by atoms with E-state index in [0.29, 0.717) is 16.8 Å². The van der Waals surface area contributed by atoms with Gasteiger partial charge in [-0.15, -0.1) is 0 Å². The van der Waals surface area contributed by atoms with Crippen molar-refractivity contribution in [1.29, 1.82) is 15.8 Å². The first kappa shape index (κ1) is 17.6. The van der Waals surface area contributed by atoms with Gasteiger partial charge in [0.15, 0.2) is 11.4 Å². The topological polar surface area (TPSA) is 102 Å². The van der Waals surface area contributed by atoms with E-state index in [-0.39, 0.29) is 34.2 Å². The average molecular weight is 374 g/mol. The standard InChI is InChI=1S/C22H7FN6/c1-27-19(11-26)20-15-7-4-13(12-2-5-14(23)6-3-12)8-16(15)21-22(20)29-18(10-25)17(9-24)28-21/h2-8H. The van der Waals surface area contributed by atoms with Gasteiger partial charge in [0.2, 0.25) is 0 Å². The minimum atomic E-state index is -0.352. The Kier molecular flexibility index (Phi) is 4.06. The molecule has 29 heavy (non-hydrogen) atoms. The van der Waals surface area contributed by atoms with E-state index in [0.717, 1.165) is 11.1 Å². The van der Waals surface area contributed by atoms with Gasteiger partial charge in [0.1, 0.15) is 18.0 Å². The lowest BCUT2D eigenvalue weighted by Gasteiger charge is -2.06. The van der Waals surface area contributed by atoms with E-state index in [1.54, 1.807) is 30.3 Å². The van der Waals surface area contributed by atoms with E-state index in [1.807, 2.05) is 18.2 Å². The summed E-state index contributed by atoms with van der Waals surface area (Å²) >= 11 is 0.